The third-order valence-electron chi connectivity index (χ3n) is 10.2. The largest absolute Gasteiger partial charge is 0.369 e. The lowest BCUT2D eigenvalue weighted by Gasteiger charge is -2.48. The van der Waals surface area contributed by atoms with Gasteiger partial charge in [-0.2, -0.15) is 5.26 Å². The smallest absolute Gasteiger partial charge is 0.248 e. The Morgan fingerprint density at radius 1 is 1.17 bits per heavy atom. The molecule has 5 unspecified atom stereocenters. The first kappa shape index (κ1) is 29.6. The number of fused-ring (bicyclic) bond motifs is 2. The first-order valence-corrected chi connectivity index (χ1v) is 15.0. The predicted octanol–water partition coefficient (Wildman–Crippen LogP) is 2.06. The fourth-order valence-electron chi connectivity index (χ4n) is 8.00. The minimum Gasteiger partial charge on any atom is -0.369 e. The number of nitrogens with zero attached hydrogens (tertiary/aromatic N) is 4. The molecule has 1 saturated heterocycles. The Morgan fingerprint density at radius 3 is 2.62 bits per heavy atom. The van der Waals surface area contributed by atoms with Crippen LogP contribution in [0.15, 0.2) is 28.5 Å². The van der Waals surface area contributed by atoms with Crippen LogP contribution in [0.25, 0.3) is 0 Å². The van der Waals surface area contributed by atoms with Gasteiger partial charge >= 0.3 is 0 Å². The zero-order chi connectivity index (χ0) is 30.0. The second kappa shape index (κ2) is 12.2. The molecule has 224 valence electrons. The van der Waals surface area contributed by atoms with Crippen molar-refractivity contribution in [2.45, 2.75) is 81.7 Å². The van der Waals surface area contributed by atoms with Crippen LogP contribution in [0.2, 0.25) is 0 Å². The van der Waals surface area contributed by atoms with Crippen molar-refractivity contribution in [1.82, 2.24) is 10.2 Å². The average Bonchev–Trinajstić information content (AvgIpc) is 3.73. The van der Waals surface area contributed by atoms with Gasteiger partial charge in [-0.3, -0.25) is 19.8 Å². The Balaban J connectivity index is 1.55. The molecule has 3 aliphatic carbocycles. The van der Waals surface area contributed by atoms with E-state index in [1.165, 1.54) is 0 Å². The summed E-state index contributed by atoms with van der Waals surface area (Å²) in [6, 6.07) is 7.16. The highest BCUT2D eigenvalue weighted by atomic mass is 16.2. The molecule has 5 rings (SSSR count). The number of nitriles is 1. The van der Waals surface area contributed by atoms with Gasteiger partial charge in [0.15, 0.2) is 5.84 Å². The summed E-state index contributed by atoms with van der Waals surface area (Å²) in [4.78, 5) is 39.2. The first-order valence-electron chi connectivity index (χ1n) is 15.0. The van der Waals surface area contributed by atoms with Crippen molar-refractivity contribution >= 4 is 23.6 Å². The molecule has 3 amide bonds. The van der Waals surface area contributed by atoms with E-state index in [4.69, 9.17) is 17.3 Å². The zero-order valence-corrected chi connectivity index (χ0v) is 23.9. The third-order valence-corrected chi connectivity index (χ3v) is 10.2. The number of hydrogen-bond acceptors (Lipinski definition) is 7. The van der Waals surface area contributed by atoms with Crippen LogP contribution in [0.4, 0.5) is 0 Å². The first-order chi connectivity index (χ1) is 20.2. The van der Waals surface area contributed by atoms with Gasteiger partial charge in [-0.05, 0) is 105 Å². The van der Waals surface area contributed by atoms with E-state index < -0.39 is 17.4 Å². The Morgan fingerprint density at radius 2 is 1.95 bits per heavy atom. The summed E-state index contributed by atoms with van der Waals surface area (Å²) in [5, 5.41) is 30.0. The minimum atomic E-state index is -0.926. The van der Waals surface area contributed by atoms with Crippen LogP contribution >= 0.6 is 0 Å². The normalized spacial score (nSPS) is 29.6. The monoisotopic (exact) mass is 575 g/mol. The fourth-order valence-corrected chi connectivity index (χ4v) is 8.00. The molecule has 0 aromatic heterocycles. The molecule has 1 aromatic carbocycles. The average molecular weight is 576 g/mol. The van der Waals surface area contributed by atoms with Crippen molar-refractivity contribution in [2.24, 2.45) is 51.3 Å². The molecule has 3 fully saturated rings. The quantitative estimate of drug-likeness (QED) is 0.0975. The topological polar surface area (TPSA) is 217 Å². The lowest BCUT2D eigenvalue weighted by atomic mass is 9.56. The molecule has 8 N–H and O–H groups in total. The van der Waals surface area contributed by atoms with Crippen LogP contribution in [0.3, 0.4) is 0 Å². The molecule has 12 heteroatoms. The second-order valence-corrected chi connectivity index (χ2v) is 12.5. The maximum atomic E-state index is 13.2. The fraction of sp³-hybridized carbons (Fsp3) is 0.633. The van der Waals surface area contributed by atoms with Crippen LogP contribution in [0.5, 0.6) is 0 Å². The van der Waals surface area contributed by atoms with E-state index in [-0.39, 0.29) is 48.0 Å². The maximum Gasteiger partial charge on any atom is 0.248 e. The number of benzene rings is 1. The zero-order valence-electron chi connectivity index (χ0n) is 23.9. The third kappa shape index (κ3) is 5.62. The summed E-state index contributed by atoms with van der Waals surface area (Å²) >= 11 is 0. The molecule has 6 atom stereocenters. The number of aryl methyl sites for hydroxylation is 1. The molecule has 1 heterocycles. The Labute approximate surface area is 245 Å². The number of carbonyl (C=O) groups is 3. The standard InChI is InChI=1S/C30H41N9O3/c31-15-22-2-1-11-39(22)26(40)16-36-25(17-3-4-17)14-30(29(34)37-38-35)23-9-7-20(27(32)41)12-18(23)5-6-19-13-21(28(33)42)8-10-24(19)30/h7,9,12,17,19,21-22,24-25,36H,1-6,8,10-11,13-14,16H2,(H2,32,41)(H2,33,42)(H3,34,35,37)/t19?,21?,22?,24?,25-,30?/m1/s1. The van der Waals surface area contributed by atoms with Crippen molar-refractivity contribution in [3.63, 3.8) is 0 Å². The number of nitrogens with one attached hydrogen (secondary N) is 2. The molecular weight excluding hydrogens is 534 g/mol. The van der Waals surface area contributed by atoms with Crippen molar-refractivity contribution < 1.29 is 14.4 Å². The number of amides is 3. The maximum absolute atomic E-state index is 13.2. The molecule has 0 spiro atoms. The molecule has 42 heavy (non-hydrogen) atoms. The van der Waals surface area contributed by atoms with E-state index in [1.54, 1.807) is 11.0 Å². The highest BCUT2D eigenvalue weighted by Crippen LogP contribution is 2.55. The molecular formula is C30H41N9O3. The summed E-state index contributed by atoms with van der Waals surface area (Å²) in [6.45, 7) is 0.686. The summed E-state index contributed by atoms with van der Waals surface area (Å²) in [6.07, 6.45) is 7.33. The van der Waals surface area contributed by atoms with Crippen molar-refractivity contribution in [3.8, 4) is 6.07 Å². The van der Waals surface area contributed by atoms with E-state index >= 15 is 0 Å². The van der Waals surface area contributed by atoms with E-state index in [2.05, 4.69) is 21.7 Å². The van der Waals surface area contributed by atoms with Crippen LogP contribution in [0, 0.1) is 40.4 Å². The number of hydrogen-bond donors (Lipinski definition) is 5. The highest BCUT2D eigenvalue weighted by Gasteiger charge is 2.54. The van der Waals surface area contributed by atoms with Gasteiger partial charge in [-0.25, -0.2) is 0 Å². The summed E-state index contributed by atoms with van der Waals surface area (Å²) in [5.74, 6) is 4.78. The molecule has 1 aromatic rings. The number of primary amides is 2. The SMILES string of the molecule is N#CC1CCCN1C(=O)CN[C@H](CC1(C(=N)N=NN)c2ccc(C(N)=O)cc2CCC2CC(C(N)=O)CCC21)C1CC1. The molecule has 0 radical (unpaired) electrons. The van der Waals surface area contributed by atoms with Crippen molar-refractivity contribution in [1.29, 1.82) is 10.7 Å². The van der Waals surface area contributed by atoms with Crippen LogP contribution in [-0.4, -0.2) is 53.6 Å². The van der Waals surface area contributed by atoms with Crippen LogP contribution in [0.1, 0.15) is 79.3 Å². The van der Waals surface area contributed by atoms with E-state index in [9.17, 15) is 25.1 Å². The number of amidine groups is 1. The van der Waals surface area contributed by atoms with E-state index in [0.717, 1.165) is 36.8 Å². The number of nitrogens with two attached hydrogens (primary N) is 3. The second-order valence-electron chi connectivity index (χ2n) is 12.5. The lowest BCUT2D eigenvalue weighted by molar-refractivity contribution is -0.130. The minimum absolute atomic E-state index is 0.0374. The van der Waals surface area contributed by atoms with Gasteiger partial charge in [0, 0.05) is 24.1 Å². The number of likely N-dealkylation sites (tertiary alicyclic amines) is 1. The van der Waals surface area contributed by atoms with Crippen molar-refractivity contribution in [2.75, 3.05) is 13.1 Å². The summed E-state index contributed by atoms with van der Waals surface area (Å²) < 4.78 is 0. The van der Waals surface area contributed by atoms with Gasteiger partial charge < -0.3 is 27.5 Å². The van der Waals surface area contributed by atoms with Gasteiger partial charge in [0.25, 0.3) is 0 Å². The van der Waals surface area contributed by atoms with Gasteiger partial charge in [0.2, 0.25) is 17.7 Å². The van der Waals surface area contributed by atoms with Crippen LogP contribution < -0.4 is 22.6 Å². The van der Waals surface area contributed by atoms with E-state index in [1.807, 2.05) is 12.1 Å². The summed E-state index contributed by atoms with van der Waals surface area (Å²) in [7, 11) is 0. The Kier molecular flexibility index (Phi) is 8.59. The number of carbonyl (C=O) groups excluding carboxylic acids is 3. The Bertz CT molecular complexity index is 1320. The molecule has 0 bridgehead atoms. The number of rotatable bonds is 9. The van der Waals surface area contributed by atoms with Gasteiger partial charge in [-0.1, -0.05) is 11.3 Å². The highest BCUT2D eigenvalue weighted by molar-refractivity contribution is 5.95. The molecule has 1 aliphatic heterocycles. The van der Waals surface area contributed by atoms with E-state index in [0.29, 0.717) is 56.6 Å². The van der Waals surface area contributed by atoms with Gasteiger partial charge in [0.05, 0.1) is 18.0 Å². The predicted molar refractivity (Wildman–Crippen MR) is 155 cm³/mol. The molecule has 4 aliphatic rings. The van der Waals surface area contributed by atoms with Crippen molar-refractivity contribution in [3.05, 3.63) is 34.9 Å². The van der Waals surface area contributed by atoms with Crippen LogP contribution in [-0.2, 0) is 21.4 Å². The lowest BCUT2D eigenvalue weighted by Crippen LogP contribution is -2.53. The molecule has 12 nitrogen and oxygen atoms in total. The summed E-state index contributed by atoms with van der Waals surface area (Å²) in [5.41, 5.74) is 12.7. The van der Waals surface area contributed by atoms with Gasteiger partial charge in [-0.15, -0.1) is 5.11 Å². The Hall–Kier alpha value is -3.85. The molecule has 2 saturated carbocycles. The van der Waals surface area contributed by atoms with Gasteiger partial charge in [0.1, 0.15) is 6.04 Å².